The Labute approximate surface area is 189 Å². The summed E-state index contributed by atoms with van der Waals surface area (Å²) in [5.41, 5.74) is 0.378. The Morgan fingerprint density at radius 3 is 2.22 bits per heavy atom. The summed E-state index contributed by atoms with van der Waals surface area (Å²) >= 11 is 0. The van der Waals surface area contributed by atoms with E-state index in [0.29, 0.717) is 38.9 Å². The lowest BCUT2D eigenvalue weighted by atomic mass is 9.91. The Morgan fingerprint density at radius 2 is 1.72 bits per heavy atom. The third-order valence-corrected chi connectivity index (χ3v) is 6.31. The van der Waals surface area contributed by atoms with E-state index in [4.69, 9.17) is 9.88 Å². The summed E-state index contributed by atoms with van der Waals surface area (Å²) in [6.07, 6.45) is 0.589. The fourth-order valence-electron chi connectivity index (χ4n) is 3.44. The van der Waals surface area contributed by atoms with Crippen LogP contribution in [0.2, 0.25) is 0 Å². The molecule has 0 bridgehead atoms. The van der Waals surface area contributed by atoms with Crippen LogP contribution in [0.25, 0.3) is 0 Å². The van der Waals surface area contributed by atoms with E-state index in [1.807, 2.05) is 20.8 Å². The van der Waals surface area contributed by atoms with Crippen LogP contribution in [0.15, 0.2) is 29.2 Å². The van der Waals surface area contributed by atoms with Gasteiger partial charge in [-0.05, 0) is 43.9 Å². The lowest BCUT2D eigenvalue weighted by Gasteiger charge is -2.35. The zero-order valence-electron chi connectivity index (χ0n) is 19.1. The van der Waals surface area contributed by atoms with E-state index in [1.54, 1.807) is 17.0 Å². The van der Waals surface area contributed by atoms with E-state index in [0.717, 1.165) is 5.56 Å². The average molecular weight is 468 g/mol. The normalized spacial score (nSPS) is 16.3. The van der Waals surface area contributed by atoms with Gasteiger partial charge in [-0.3, -0.25) is 14.4 Å². The molecule has 0 aromatic heterocycles. The van der Waals surface area contributed by atoms with Crippen molar-refractivity contribution in [2.75, 3.05) is 19.6 Å². The molecule has 1 saturated heterocycles. The van der Waals surface area contributed by atoms with E-state index in [-0.39, 0.29) is 16.7 Å². The molecule has 1 unspecified atom stereocenters. The molecule has 1 aromatic rings. The van der Waals surface area contributed by atoms with E-state index in [1.165, 1.54) is 19.1 Å². The zero-order valence-corrected chi connectivity index (χ0v) is 19.9. The van der Waals surface area contributed by atoms with Gasteiger partial charge in [-0.1, -0.05) is 32.9 Å². The van der Waals surface area contributed by atoms with Crippen LogP contribution in [-0.2, 0) is 35.6 Å². The molecule has 3 N–H and O–H groups in total. The molecule has 1 atom stereocenters. The van der Waals surface area contributed by atoms with E-state index in [9.17, 15) is 22.8 Å². The van der Waals surface area contributed by atoms with Crippen molar-refractivity contribution in [3.8, 4) is 0 Å². The van der Waals surface area contributed by atoms with Crippen LogP contribution in [0.1, 0.15) is 46.1 Å². The Hall–Kier alpha value is -2.46. The van der Waals surface area contributed by atoms with Crippen molar-refractivity contribution < 1.29 is 27.5 Å². The molecule has 1 aliphatic heterocycles. The number of esters is 1. The number of nitrogens with zero attached hydrogens (tertiary/aromatic N) is 1. The predicted molar refractivity (Wildman–Crippen MR) is 119 cm³/mol. The standard InChI is InChI=1S/C22H33N3O6S/c1-15(19(26)24-12-9-16-5-7-18(8-6-16)32(23,29)30)31-20(27)17-10-13-25(14-11-17)21(28)22(2,3)4/h5-8,15,17H,9-14H2,1-4H3,(H,24,26)(H2,23,29,30). The number of ether oxygens (including phenoxy) is 1. The number of likely N-dealkylation sites (tertiary alicyclic amines) is 1. The summed E-state index contributed by atoms with van der Waals surface area (Å²) in [5.74, 6) is -1.09. The molecule has 1 heterocycles. The van der Waals surface area contributed by atoms with Gasteiger partial charge in [-0.25, -0.2) is 13.6 Å². The van der Waals surface area contributed by atoms with Gasteiger partial charge in [0.05, 0.1) is 10.8 Å². The van der Waals surface area contributed by atoms with Gasteiger partial charge in [0, 0.05) is 25.0 Å². The highest BCUT2D eigenvalue weighted by Gasteiger charge is 2.33. The Morgan fingerprint density at radius 1 is 1.16 bits per heavy atom. The van der Waals surface area contributed by atoms with Crippen molar-refractivity contribution in [3.63, 3.8) is 0 Å². The lowest BCUT2D eigenvalue weighted by Crippen LogP contribution is -2.46. The van der Waals surface area contributed by atoms with E-state index >= 15 is 0 Å². The van der Waals surface area contributed by atoms with Crippen LogP contribution in [0.5, 0.6) is 0 Å². The molecular weight excluding hydrogens is 434 g/mol. The summed E-state index contributed by atoms with van der Waals surface area (Å²) in [7, 11) is -3.74. The zero-order chi connectivity index (χ0) is 24.1. The quantitative estimate of drug-likeness (QED) is 0.579. The predicted octanol–water partition coefficient (Wildman–Crippen LogP) is 1.21. The van der Waals surface area contributed by atoms with E-state index < -0.39 is 33.4 Å². The van der Waals surface area contributed by atoms with Crippen LogP contribution in [0, 0.1) is 11.3 Å². The van der Waals surface area contributed by atoms with Gasteiger partial charge in [-0.2, -0.15) is 0 Å². The minimum atomic E-state index is -3.74. The van der Waals surface area contributed by atoms with Crippen molar-refractivity contribution in [1.82, 2.24) is 10.2 Å². The van der Waals surface area contributed by atoms with E-state index in [2.05, 4.69) is 5.32 Å². The number of piperidine rings is 1. The van der Waals surface area contributed by atoms with Crippen LogP contribution in [0.3, 0.4) is 0 Å². The number of rotatable bonds is 7. The second-order valence-electron chi connectivity index (χ2n) is 9.13. The van der Waals surface area contributed by atoms with Crippen LogP contribution in [0.4, 0.5) is 0 Å². The van der Waals surface area contributed by atoms with Gasteiger partial charge in [0.2, 0.25) is 15.9 Å². The number of carbonyl (C=O) groups excluding carboxylic acids is 3. The fraction of sp³-hybridized carbons (Fsp3) is 0.591. The number of amides is 2. The molecular formula is C22H33N3O6S. The topological polar surface area (TPSA) is 136 Å². The first-order valence-electron chi connectivity index (χ1n) is 10.7. The molecule has 2 rings (SSSR count). The molecule has 0 radical (unpaired) electrons. The van der Waals surface area contributed by atoms with Gasteiger partial charge >= 0.3 is 5.97 Å². The number of hydrogen-bond donors (Lipinski definition) is 2. The third-order valence-electron chi connectivity index (χ3n) is 5.38. The summed E-state index contributed by atoms with van der Waals surface area (Å²) < 4.78 is 27.9. The number of nitrogens with one attached hydrogen (secondary N) is 1. The number of carbonyl (C=O) groups is 3. The van der Waals surface area contributed by atoms with Gasteiger partial charge in [0.25, 0.3) is 5.91 Å². The average Bonchev–Trinajstić information content (AvgIpc) is 2.72. The first kappa shape index (κ1) is 25.8. The molecule has 2 amide bonds. The van der Waals surface area contributed by atoms with Crippen molar-refractivity contribution >= 4 is 27.8 Å². The lowest BCUT2D eigenvalue weighted by molar-refractivity contribution is -0.161. The van der Waals surface area contributed by atoms with Crippen molar-refractivity contribution in [1.29, 1.82) is 0 Å². The highest BCUT2D eigenvalue weighted by Crippen LogP contribution is 2.24. The van der Waals surface area contributed by atoms with Crippen molar-refractivity contribution in [2.45, 2.75) is 58.0 Å². The number of hydrogen-bond acceptors (Lipinski definition) is 6. The molecule has 0 aliphatic carbocycles. The van der Waals surface area contributed by atoms with Crippen molar-refractivity contribution in [2.24, 2.45) is 16.5 Å². The smallest absolute Gasteiger partial charge is 0.309 e. The highest BCUT2D eigenvalue weighted by molar-refractivity contribution is 7.89. The first-order valence-corrected chi connectivity index (χ1v) is 12.2. The number of primary sulfonamides is 1. The Balaban J connectivity index is 1.74. The Kier molecular flexibility index (Phi) is 8.41. The first-order chi connectivity index (χ1) is 14.8. The second kappa shape index (κ2) is 10.4. The number of benzene rings is 1. The molecule has 32 heavy (non-hydrogen) atoms. The summed E-state index contributed by atoms with van der Waals surface area (Å²) in [4.78, 5) is 38.8. The molecule has 0 saturated carbocycles. The van der Waals surface area contributed by atoms with Crippen LogP contribution in [-0.4, -0.2) is 56.8 Å². The summed E-state index contributed by atoms with van der Waals surface area (Å²) in [6, 6.07) is 6.09. The Bertz CT molecular complexity index is 929. The molecule has 1 aliphatic rings. The fourth-order valence-corrected chi connectivity index (χ4v) is 3.95. The van der Waals surface area contributed by atoms with Crippen molar-refractivity contribution in [3.05, 3.63) is 29.8 Å². The summed E-state index contributed by atoms with van der Waals surface area (Å²) in [6.45, 7) is 8.44. The molecule has 1 aromatic carbocycles. The SMILES string of the molecule is CC(OC(=O)C1CCN(C(=O)C(C)(C)C)CC1)C(=O)NCCc1ccc(S(N)(=O)=O)cc1. The maximum Gasteiger partial charge on any atom is 0.309 e. The highest BCUT2D eigenvalue weighted by atomic mass is 32.2. The third kappa shape index (κ3) is 7.30. The molecule has 9 nitrogen and oxygen atoms in total. The van der Waals surface area contributed by atoms with Gasteiger partial charge in [0.1, 0.15) is 0 Å². The second-order valence-corrected chi connectivity index (χ2v) is 10.7. The maximum absolute atomic E-state index is 12.4. The van der Waals surface area contributed by atoms with Crippen LogP contribution >= 0.6 is 0 Å². The summed E-state index contributed by atoms with van der Waals surface area (Å²) in [5, 5.41) is 7.78. The van der Waals surface area contributed by atoms with Gasteiger partial charge in [0.15, 0.2) is 6.10 Å². The van der Waals surface area contributed by atoms with Crippen LogP contribution < -0.4 is 10.5 Å². The number of nitrogens with two attached hydrogens (primary N) is 1. The molecule has 10 heteroatoms. The maximum atomic E-state index is 12.4. The monoisotopic (exact) mass is 467 g/mol. The number of sulfonamides is 1. The van der Waals surface area contributed by atoms with Gasteiger partial charge < -0.3 is 15.0 Å². The largest absolute Gasteiger partial charge is 0.452 e. The molecule has 0 spiro atoms. The minimum absolute atomic E-state index is 0.0272. The molecule has 178 valence electrons. The molecule has 1 fully saturated rings. The van der Waals surface area contributed by atoms with Gasteiger partial charge in [-0.15, -0.1) is 0 Å². The minimum Gasteiger partial charge on any atom is -0.452 e.